The van der Waals surface area contributed by atoms with Crippen LogP contribution in [0.5, 0.6) is 5.75 Å². The molecule has 0 spiro atoms. The molecule has 0 radical (unpaired) electrons. The molecule has 0 saturated heterocycles. The van der Waals surface area contributed by atoms with Crippen molar-refractivity contribution < 1.29 is 13.9 Å². The third-order valence-corrected chi connectivity index (χ3v) is 3.63. The van der Waals surface area contributed by atoms with Crippen LogP contribution in [0.1, 0.15) is 22.5 Å². The molecule has 1 amide bonds. The van der Waals surface area contributed by atoms with Crippen LogP contribution in [0.2, 0.25) is 5.22 Å². The van der Waals surface area contributed by atoms with Crippen molar-refractivity contribution in [3.8, 4) is 5.75 Å². The summed E-state index contributed by atoms with van der Waals surface area (Å²) in [5.41, 5.74) is 1.94. The van der Waals surface area contributed by atoms with Gasteiger partial charge in [-0.25, -0.2) is 0 Å². The van der Waals surface area contributed by atoms with Crippen molar-refractivity contribution in [3.63, 3.8) is 0 Å². The topological polar surface area (TPSA) is 42.7 Å². The summed E-state index contributed by atoms with van der Waals surface area (Å²) in [6, 6.07) is 8.98. The third kappa shape index (κ3) is 2.16. The van der Waals surface area contributed by atoms with Crippen LogP contribution >= 0.6 is 11.6 Å². The van der Waals surface area contributed by atoms with E-state index in [-0.39, 0.29) is 16.9 Å². The Hall–Kier alpha value is -1.94. The molecule has 1 aliphatic heterocycles. The molecular weight excluding hydrogens is 278 g/mol. The van der Waals surface area contributed by atoms with Gasteiger partial charge in [0.1, 0.15) is 5.75 Å². The minimum atomic E-state index is -0.192. The van der Waals surface area contributed by atoms with Gasteiger partial charge in [-0.3, -0.25) is 4.79 Å². The zero-order valence-electron chi connectivity index (χ0n) is 11.1. The lowest BCUT2D eigenvalue weighted by atomic mass is 10.0. The number of nitrogens with zero attached hydrogens (tertiary/aromatic N) is 1. The summed E-state index contributed by atoms with van der Waals surface area (Å²) in [6.07, 6.45) is 1.86. The van der Waals surface area contributed by atoms with Crippen molar-refractivity contribution >= 4 is 23.2 Å². The van der Waals surface area contributed by atoms with Crippen molar-refractivity contribution in [1.82, 2.24) is 0 Å². The standard InChI is InChI=1S/C15H14ClNO3/c1-19-11-6-2-4-10-5-3-9-17(14(10)11)15(18)12-7-8-13(16)20-12/h2,4,6-8H,3,5,9H2,1H3. The number of carbonyl (C=O) groups excluding carboxylic acids is 1. The first-order chi connectivity index (χ1) is 9.70. The summed E-state index contributed by atoms with van der Waals surface area (Å²) >= 11 is 5.74. The van der Waals surface area contributed by atoms with Crippen LogP contribution in [0, 0.1) is 0 Å². The van der Waals surface area contributed by atoms with E-state index in [4.69, 9.17) is 20.8 Å². The summed E-state index contributed by atoms with van der Waals surface area (Å²) in [5.74, 6) is 0.754. The van der Waals surface area contributed by atoms with Gasteiger partial charge in [-0.1, -0.05) is 12.1 Å². The minimum absolute atomic E-state index is 0.192. The zero-order chi connectivity index (χ0) is 14.1. The van der Waals surface area contributed by atoms with Crippen LogP contribution in [-0.4, -0.2) is 19.6 Å². The van der Waals surface area contributed by atoms with E-state index < -0.39 is 0 Å². The highest BCUT2D eigenvalue weighted by atomic mass is 35.5. The Kier molecular flexibility index (Phi) is 3.40. The second-order valence-electron chi connectivity index (χ2n) is 4.63. The molecule has 2 heterocycles. The summed E-state index contributed by atoms with van der Waals surface area (Å²) in [6.45, 7) is 0.643. The smallest absolute Gasteiger partial charge is 0.294 e. The van der Waals surface area contributed by atoms with E-state index in [0.717, 1.165) is 24.1 Å². The highest BCUT2D eigenvalue weighted by Gasteiger charge is 2.28. The molecule has 0 aliphatic carbocycles. The van der Waals surface area contributed by atoms with Gasteiger partial charge in [-0.2, -0.15) is 0 Å². The lowest BCUT2D eigenvalue weighted by Crippen LogP contribution is -2.35. The molecule has 0 unspecified atom stereocenters. The lowest BCUT2D eigenvalue weighted by Gasteiger charge is -2.30. The molecule has 1 aromatic heterocycles. The van der Waals surface area contributed by atoms with Crippen molar-refractivity contribution in [2.75, 3.05) is 18.6 Å². The normalized spacial score (nSPS) is 14.0. The van der Waals surface area contributed by atoms with Gasteiger partial charge in [0.05, 0.1) is 12.8 Å². The molecule has 1 aliphatic rings. The Balaban J connectivity index is 2.03. The zero-order valence-corrected chi connectivity index (χ0v) is 11.8. The summed E-state index contributed by atoms with van der Waals surface area (Å²) in [4.78, 5) is 14.3. The second-order valence-corrected chi connectivity index (χ2v) is 5.00. The monoisotopic (exact) mass is 291 g/mol. The first kappa shape index (κ1) is 13.1. The fraction of sp³-hybridized carbons (Fsp3) is 0.267. The molecule has 0 N–H and O–H groups in total. The number of carbonyl (C=O) groups is 1. The van der Waals surface area contributed by atoms with Gasteiger partial charge in [0, 0.05) is 6.54 Å². The maximum absolute atomic E-state index is 12.6. The second kappa shape index (κ2) is 5.21. The van der Waals surface area contributed by atoms with Crippen LogP contribution in [0.25, 0.3) is 0 Å². The molecule has 3 rings (SSSR count). The molecular formula is C15H14ClNO3. The molecule has 0 atom stereocenters. The first-order valence-corrected chi connectivity index (χ1v) is 6.81. The Morgan fingerprint density at radius 1 is 1.35 bits per heavy atom. The van der Waals surface area contributed by atoms with E-state index in [1.54, 1.807) is 24.1 Å². The Labute approximate surface area is 121 Å². The van der Waals surface area contributed by atoms with Crippen LogP contribution in [-0.2, 0) is 6.42 Å². The molecule has 0 fully saturated rings. The van der Waals surface area contributed by atoms with Gasteiger partial charge >= 0.3 is 0 Å². The van der Waals surface area contributed by atoms with Gasteiger partial charge in [0.15, 0.2) is 11.0 Å². The van der Waals surface area contributed by atoms with Gasteiger partial charge in [-0.05, 0) is 48.2 Å². The number of furan rings is 1. The first-order valence-electron chi connectivity index (χ1n) is 6.44. The van der Waals surface area contributed by atoms with E-state index >= 15 is 0 Å². The van der Waals surface area contributed by atoms with Crippen LogP contribution in [0.3, 0.4) is 0 Å². The highest BCUT2D eigenvalue weighted by Crippen LogP contribution is 2.37. The van der Waals surface area contributed by atoms with Gasteiger partial charge in [0.25, 0.3) is 5.91 Å². The summed E-state index contributed by atoms with van der Waals surface area (Å²) < 4.78 is 10.6. The largest absolute Gasteiger partial charge is 0.495 e. The lowest BCUT2D eigenvalue weighted by molar-refractivity contribution is 0.0957. The molecule has 1 aromatic carbocycles. The van der Waals surface area contributed by atoms with Crippen LogP contribution < -0.4 is 9.64 Å². The number of aryl methyl sites for hydroxylation is 1. The van der Waals surface area contributed by atoms with E-state index in [1.807, 2.05) is 18.2 Å². The quantitative estimate of drug-likeness (QED) is 0.850. The minimum Gasteiger partial charge on any atom is -0.495 e. The average molecular weight is 292 g/mol. The van der Waals surface area contributed by atoms with E-state index in [0.29, 0.717) is 12.3 Å². The highest BCUT2D eigenvalue weighted by molar-refractivity contribution is 6.29. The number of para-hydroxylation sites is 1. The number of hydrogen-bond acceptors (Lipinski definition) is 3. The Bertz CT molecular complexity index is 636. The summed E-state index contributed by atoms with van der Waals surface area (Å²) in [7, 11) is 1.61. The molecule has 20 heavy (non-hydrogen) atoms. The number of ether oxygens (including phenoxy) is 1. The fourth-order valence-electron chi connectivity index (χ4n) is 2.55. The fourth-order valence-corrected chi connectivity index (χ4v) is 2.69. The maximum Gasteiger partial charge on any atom is 0.294 e. The number of hydrogen-bond donors (Lipinski definition) is 0. The van der Waals surface area contributed by atoms with Crippen molar-refractivity contribution in [1.29, 1.82) is 0 Å². The van der Waals surface area contributed by atoms with E-state index in [9.17, 15) is 4.79 Å². The Morgan fingerprint density at radius 3 is 2.90 bits per heavy atom. The number of benzene rings is 1. The number of amides is 1. The molecule has 2 aromatic rings. The van der Waals surface area contributed by atoms with Crippen molar-refractivity contribution in [3.05, 3.63) is 46.9 Å². The SMILES string of the molecule is COc1cccc2c1N(C(=O)c1ccc(Cl)o1)CCC2. The molecule has 0 saturated carbocycles. The van der Waals surface area contributed by atoms with Crippen LogP contribution in [0.4, 0.5) is 5.69 Å². The molecule has 4 nitrogen and oxygen atoms in total. The number of rotatable bonds is 2. The van der Waals surface area contributed by atoms with Gasteiger partial charge in [0.2, 0.25) is 0 Å². The van der Waals surface area contributed by atoms with E-state index in [1.165, 1.54) is 0 Å². The number of methoxy groups -OCH3 is 1. The Morgan fingerprint density at radius 2 is 2.20 bits per heavy atom. The predicted molar refractivity (Wildman–Crippen MR) is 76.7 cm³/mol. The molecule has 5 heteroatoms. The third-order valence-electron chi connectivity index (χ3n) is 3.43. The maximum atomic E-state index is 12.6. The van der Waals surface area contributed by atoms with E-state index in [2.05, 4.69) is 0 Å². The van der Waals surface area contributed by atoms with Gasteiger partial charge in [-0.15, -0.1) is 0 Å². The number of anilines is 1. The van der Waals surface area contributed by atoms with Crippen LogP contribution in [0.15, 0.2) is 34.7 Å². The van der Waals surface area contributed by atoms with Crippen molar-refractivity contribution in [2.45, 2.75) is 12.8 Å². The van der Waals surface area contributed by atoms with Crippen molar-refractivity contribution in [2.24, 2.45) is 0 Å². The predicted octanol–water partition coefficient (Wildman–Crippen LogP) is 3.53. The summed E-state index contributed by atoms with van der Waals surface area (Å²) in [5, 5.41) is 0.214. The average Bonchev–Trinajstić information content (AvgIpc) is 2.91. The number of fused-ring (bicyclic) bond motifs is 1. The number of halogens is 1. The van der Waals surface area contributed by atoms with Gasteiger partial charge < -0.3 is 14.1 Å². The molecule has 104 valence electrons. The molecule has 0 bridgehead atoms.